The van der Waals surface area contributed by atoms with Crippen LogP contribution in [-0.4, -0.2) is 11.1 Å². The molecular weight excluding hydrogens is 362 g/mol. The first kappa shape index (κ1) is 27.1. The number of aliphatic carboxylic acids is 1. The Morgan fingerprint density at radius 3 is 1.40 bits per heavy atom. The quantitative estimate of drug-likeness (QED) is 0.136. The first-order valence-electron chi connectivity index (χ1n) is 10.6. The molecule has 0 aromatic rings. The second-order valence-electron chi connectivity index (χ2n) is 7.14. The van der Waals surface area contributed by atoms with Crippen molar-refractivity contribution < 1.29 is 29.4 Å². The first-order valence-corrected chi connectivity index (χ1v) is 10.6. The Hall–Kier alpha value is -0.167. The Kier molecular flexibility index (Phi) is 25.8. The molecule has 0 atom stereocenters. The molecule has 144 valence electrons. The number of carbonyl (C=O) groups is 1. The van der Waals surface area contributed by atoms with Crippen LogP contribution in [0.3, 0.4) is 0 Å². The number of allylic oxidation sites excluding steroid dienone is 2. The van der Waals surface area contributed by atoms with Crippen LogP contribution in [0.1, 0.15) is 122 Å². The third kappa shape index (κ3) is 26.2. The van der Waals surface area contributed by atoms with Crippen molar-refractivity contribution in [2.45, 2.75) is 122 Å². The van der Waals surface area contributed by atoms with Gasteiger partial charge in [-0.1, -0.05) is 96.1 Å². The van der Waals surface area contributed by atoms with Crippen molar-refractivity contribution in [3.8, 4) is 0 Å². The number of hydrogen-bond acceptors (Lipinski definition) is 1. The molecule has 3 heteroatoms. The van der Waals surface area contributed by atoms with E-state index < -0.39 is 5.97 Å². The van der Waals surface area contributed by atoms with E-state index in [2.05, 4.69) is 19.1 Å². The number of carboxylic acids is 1. The van der Waals surface area contributed by atoms with Gasteiger partial charge in [0, 0.05) is 25.9 Å². The fourth-order valence-electron chi connectivity index (χ4n) is 3.05. The predicted molar refractivity (Wildman–Crippen MR) is 106 cm³/mol. The Morgan fingerprint density at radius 2 is 1.00 bits per heavy atom. The Morgan fingerprint density at radius 1 is 0.640 bits per heavy atom. The van der Waals surface area contributed by atoms with Crippen molar-refractivity contribution in [1.29, 1.82) is 0 Å². The van der Waals surface area contributed by atoms with E-state index in [1.165, 1.54) is 96.3 Å². The van der Waals surface area contributed by atoms with Crippen LogP contribution in [0.15, 0.2) is 12.2 Å². The van der Waals surface area contributed by atoms with Crippen LogP contribution in [0.4, 0.5) is 0 Å². The smallest absolute Gasteiger partial charge is 0.303 e. The number of hydrogen-bond donors (Lipinski definition) is 1. The maximum Gasteiger partial charge on any atom is 0.303 e. The molecule has 0 saturated heterocycles. The summed E-state index contributed by atoms with van der Waals surface area (Å²) in [7, 11) is 0. The zero-order valence-corrected chi connectivity index (χ0v) is 19.9. The fraction of sp³-hybridized carbons (Fsp3) is 0.864. The zero-order valence-electron chi connectivity index (χ0n) is 16.9. The van der Waals surface area contributed by atoms with Gasteiger partial charge in [-0.3, -0.25) is 4.79 Å². The Bertz CT molecular complexity index is 290. The van der Waals surface area contributed by atoms with E-state index in [0.29, 0.717) is 6.42 Å². The summed E-state index contributed by atoms with van der Waals surface area (Å²) in [4.78, 5) is 10.4. The molecule has 0 heterocycles. The Labute approximate surface area is 170 Å². The van der Waals surface area contributed by atoms with Gasteiger partial charge in [0.25, 0.3) is 0 Å². The van der Waals surface area contributed by atoms with Gasteiger partial charge in [0.1, 0.15) is 0 Å². The second-order valence-corrected chi connectivity index (χ2v) is 7.14. The average molecular weight is 404 g/mol. The summed E-state index contributed by atoms with van der Waals surface area (Å²) in [6, 6.07) is 0. The molecule has 0 unspecified atom stereocenters. The SMILES string of the molecule is CCCCCCCC/C=C\CCCCCCCCCCCC(=O)O.[Zn]. The van der Waals surface area contributed by atoms with Gasteiger partial charge >= 0.3 is 5.97 Å². The number of carboxylic acid groups (broad SMARTS) is 1. The van der Waals surface area contributed by atoms with Crippen LogP contribution < -0.4 is 0 Å². The molecule has 0 spiro atoms. The molecule has 0 bridgehead atoms. The summed E-state index contributed by atoms with van der Waals surface area (Å²) in [5.41, 5.74) is 0. The van der Waals surface area contributed by atoms with E-state index in [9.17, 15) is 4.79 Å². The number of unbranched alkanes of at least 4 members (excludes halogenated alkanes) is 15. The van der Waals surface area contributed by atoms with Crippen molar-refractivity contribution in [3.05, 3.63) is 12.2 Å². The molecule has 1 N–H and O–H groups in total. The molecular formula is C22H42O2Zn. The molecule has 0 saturated carbocycles. The van der Waals surface area contributed by atoms with E-state index in [0.717, 1.165) is 12.8 Å². The number of rotatable bonds is 19. The molecule has 0 aromatic heterocycles. The van der Waals surface area contributed by atoms with Crippen LogP contribution in [-0.2, 0) is 24.3 Å². The van der Waals surface area contributed by atoms with Gasteiger partial charge in [0.2, 0.25) is 0 Å². The molecule has 2 nitrogen and oxygen atoms in total. The second kappa shape index (κ2) is 23.8. The largest absolute Gasteiger partial charge is 0.481 e. The summed E-state index contributed by atoms with van der Waals surface area (Å²) in [5, 5.41) is 8.55. The van der Waals surface area contributed by atoms with Crippen LogP contribution in [0.25, 0.3) is 0 Å². The standard InChI is InChI=1S/C22H42O2.Zn/c1-2-3-4-5-6-7-8-9-10-11-12-13-14-15-16-17-18-19-20-21-22(23)24;/h9-10H,2-8,11-21H2,1H3,(H,23,24);/b10-9-;. The van der Waals surface area contributed by atoms with E-state index in [-0.39, 0.29) is 19.5 Å². The van der Waals surface area contributed by atoms with Crippen LogP contribution >= 0.6 is 0 Å². The Balaban J connectivity index is 0. The molecule has 0 aromatic carbocycles. The molecule has 0 radical (unpaired) electrons. The molecule has 0 fully saturated rings. The fourth-order valence-corrected chi connectivity index (χ4v) is 3.05. The molecule has 25 heavy (non-hydrogen) atoms. The summed E-state index contributed by atoms with van der Waals surface area (Å²) in [5.74, 6) is -0.656. The van der Waals surface area contributed by atoms with Gasteiger partial charge < -0.3 is 5.11 Å². The van der Waals surface area contributed by atoms with E-state index in [1.54, 1.807) is 0 Å². The molecule has 0 aliphatic heterocycles. The third-order valence-electron chi connectivity index (χ3n) is 4.65. The van der Waals surface area contributed by atoms with Crippen LogP contribution in [0.5, 0.6) is 0 Å². The minimum atomic E-state index is -0.656. The minimum absolute atomic E-state index is 0. The zero-order chi connectivity index (χ0) is 17.7. The predicted octanol–water partition coefficient (Wildman–Crippen LogP) is 7.67. The van der Waals surface area contributed by atoms with Crippen molar-refractivity contribution in [3.63, 3.8) is 0 Å². The van der Waals surface area contributed by atoms with Gasteiger partial charge in [-0.15, -0.1) is 0 Å². The molecule has 0 aliphatic carbocycles. The average Bonchev–Trinajstić information content (AvgIpc) is 2.56. The van der Waals surface area contributed by atoms with E-state index in [1.807, 2.05) is 0 Å². The van der Waals surface area contributed by atoms with Gasteiger partial charge in [0.05, 0.1) is 0 Å². The maximum absolute atomic E-state index is 10.4. The van der Waals surface area contributed by atoms with E-state index in [4.69, 9.17) is 5.11 Å². The maximum atomic E-state index is 10.4. The normalized spacial score (nSPS) is 10.9. The molecule has 0 rings (SSSR count). The molecule has 0 aliphatic rings. The van der Waals surface area contributed by atoms with Crippen molar-refractivity contribution in [2.75, 3.05) is 0 Å². The first-order chi connectivity index (χ1) is 11.8. The topological polar surface area (TPSA) is 37.3 Å². The minimum Gasteiger partial charge on any atom is -0.481 e. The summed E-state index contributed by atoms with van der Waals surface area (Å²) in [6.45, 7) is 2.27. The van der Waals surface area contributed by atoms with Crippen molar-refractivity contribution >= 4 is 5.97 Å². The molecule has 0 amide bonds. The van der Waals surface area contributed by atoms with Gasteiger partial charge in [-0.2, -0.15) is 0 Å². The van der Waals surface area contributed by atoms with Gasteiger partial charge in [-0.25, -0.2) is 0 Å². The monoisotopic (exact) mass is 402 g/mol. The van der Waals surface area contributed by atoms with Gasteiger partial charge in [-0.05, 0) is 32.1 Å². The van der Waals surface area contributed by atoms with Crippen molar-refractivity contribution in [1.82, 2.24) is 0 Å². The van der Waals surface area contributed by atoms with Crippen LogP contribution in [0.2, 0.25) is 0 Å². The van der Waals surface area contributed by atoms with Gasteiger partial charge in [0.15, 0.2) is 0 Å². The summed E-state index contributed by atoms with van der Waals surface area (Å²) < 4.78 is 0. The summed E-state index contributed by atoms with van der Waals surface area (Å²) >= 11 is 0. The van der Waals surface area contributed by atoms with E-state index >= 15 is 0 Å². The van der Waals surface area contributed by atoms with Crippen LogP contribution in [0, 0.1) is 0 Å². The summed E-state index contributed by atoms with van der Waals surface area (Å²) in [6.07, 6.45) is 27.1. The third-order valence-corrected chi connectivity index (χ3v) is 4.65. The van der Waals surface area contributed by atoms with Crippen molar-refractivity contribution in [2.24, 2.45) is 0 Å².